The van der Waals surface area contributed by atoms with Crippen molar-refractivity contribution in [2.75, 3.05) is 30.9 Å². The number of allylic oxidation sites excluding steroid dienone is 2. The lowest BCUT2D eigenvalue weighted by atomic mass is 9.47. The topological polar surface area (TPSA) is 59.5 Å². The van der Waals surface area contributed by atoms with Crippen molar-refractivity contribution >= 4 is 17.3 Å². The number of nitrogen functional groups attached to an aromatic ring is 1. The number of rotatable bonds is 5. The van der Waals surface area contributed by atoms with Gasteiger partial charge in [0.1, 0.15) is 6.33 Å². The van der Waals surface area contributed by atoms with Crippen LogP contribution < -0.4 is 15.5 Å². The Morgan fingerprint density at radius 2 is 2.10 bits per heavy atom. The number of quaternary nitrogens is 1. The Kier molecular flexibility index (Phi) is 5.93. The predicted molar refractivity (Wildman–Crippen MR) is 129 cm³/mol. The molecule has 2 heterocycles. The van der Waals surface area contributed by atoms with Gasteiger partial charge in [0.25, 0.3) is 5.82 Å². The first-order valence-corrected chi connectivity index (χ1v) is 12.1. The minimum absolute atomic E-state index is 0.420. The fourth-order valence-corrected chi connectivity index (χ4v) is 7.16. The average molecular weight is 425 g/mol. The highest BCUT2D eigenvalue weighted by Crippen LogP contribution is 2.61. The van der Waals surface area contributed by atoms with E-state index in [2.05, 4.69) is 62.3 Å². The highest BCUT2D eigenvalue weighted by Gasteiger charge is 2.52. The Balaban J connectivity index is 1.42. The lowest BCUT2D eigenvalue weighted by molar-refractivity contribution is -0.805. The summed E-state index contributed by atoms with van der Waals surface area (Å²) in [5, 5.41) is 0. The maximum atomic E-state index is 6.16. The largest absolute Gasteiger partial charge is 0.382 e. The molecule has 4 rings (SSSR count). The smallest absolute Gasteiger partial charge is 0.256 e. The SMILES string of the molecule is C=C1CC[C@@H]2C(C)(C)CCC[C@]2(C)[C@H]1CC/C(C)=C/CN1C[NH+](C)c2ncnc(N)c21. The number of nitrogens with zero attached hydrogens (tertiary/aromatic N) is 3. The predicted octanol–water partition coefficient (Wildman–Crippen LogP) is 4.51. The molecule has 0 radical (unpaired) electrons. The molecule has 0 aromatic carbocycles. The summed E-state index contributed by atoms with van der Waals surface area (Å²) >= 11 is 0. The molecule has 5 nitrogen and oxygen atoms in total. The third kappa shape index (κ3) is 4.02. The van der Waals surface area contributed by atoms with E-state index in [-0.39, 0.29) is 0 Å². The number of fused-ring (bicyclic) bond motifs is 2. The molecule has 0 spiro atoms. The van der Waals surface area contributed by atoms with Crippen molar-refractivity contribution in [3.63, 3.8) is 0 Å². The zero-order valence-electron chi connectivity index (χ0n) is 20.3. The monoisotopic (exact) mass is 424 g/mol. The van der Waals surface area contributed by atoms with Crippen molar-refractivity contribution in [1.82, 2.24) is 9.97 Å². The van der Waals surface area contributed by atoms with E-state index in [1.807, 2.05) is 0 Å². The molecule has 2 aliphatic carbocycles. The van der Waals surface area contributed by atoms with Crippen LogP contribution in [0.25, 0.3) is 0 Å². The van der Waals surface area contributed by atoms with Crippen LogP contribution in [-0.4, -0.2) is 30.2 Å². The summed E-state index contributed by atoms with van der Waals surface area (Å²) in [6, 6.07) is 0. The molecule has 1 aliphatic heterocycles. The van der Waals surface area contributed by atoms with Crippen LogP contribution in [0.2, 0.25) is 0 Å². The standard InChI is InChI=1S/C26H41N5/c1-18(12-15-31-17-30(6)24-22(31)23(27)28-16-29-24)8-10-20-19(2)9-11-21-25(3,4)13-7-14-26(20,21)5/h12,16,20-21H,2,7-11,13-15,17H2,1,3-6H3,(H2,27,28,29)/p+1/b18-12+/t20-,21+,26+/m0/s1. The second-order valence-electron chi connectivity index (χ2n) is 11.4. The van der Waals surface area contributed by atoms with Crippen LogP contribution in [0.3, 0.4) is 0 Å². The number of nitrogens with two attached hydrogens (primary N) is 1. The van der Waals surface area contributed by atoms with Gasteiger partial charge in [-0.15, -0.1) is 0 Å². The fraction of sp³-hybridized carbons (Fsp3) is 0.692. The summed E-state index contributed by atoms with van der Waals surface area (Å²) in [5.74, 6) is 3.08. The Morgan fingerprint density at radius 3 is 2.87 bits per heavy atom. The molecule has 3 N–H and O–H groups in total. The van der Waals surface area contributed by atoms with Gasteiger partial charge in [-0.2, -0.15) is 4.98 Å². The fourth-order valence-electron chi connectivity index (χ4n) is 7.16. The van der Waals surface area contributed by atoms with Gasteiger partial charge in [0.2, 0.25) is 0 Å². The Hall–Kier alpha value is -1.88. The molecule has 170 valence electrons. The normalized spacial score (nSPS) is 32.7. The van der Waals surface area contributed by atoms with Gasteiger partial charge >= 0.3 is 0 Å². The molecule has 5 heteroatoms. The van der Waals surface area contributed by atoms with Crippen molar-refractivity contribution in [3.05, 3.63) is 30.1 Å². The van der Waals surface area contributed by atoms with Crippen molar-refractivity contribution in [2.45, 2.75) is 72.6 Å². The minimum Gasteiger partial charge on any atom is -0.382 e. The molecule has 0 amide bonds. The first-order chi connectivity index (χ1) is 14.6. The zero-order valence-corrected chi connectivity index (χ0v) is 20.3. The molecule has 0 saturated heterocycles. The zero-order chi connectivity index (χ0) is 22.4. The Morgan fingerprint density at radius 1 is 1.32 bits per heavy atom. The third-order valence-electron chi connectivity index (χ3n) is 8.81. The summed E-state index contributed by atoms with van der Waals surface area (Å²) < 4.78 is 0. The van der Waals surface area contributed by atoms with Crippen LogP contribution >= 0.6 is 0 Å². The van der Waals surface area contributed by atoms with Crippen molar-refractivity contribution < 1.29 is 4.90 Å². The molecule has 0 bridgehead atoms. The van der Waals surface area contributed by atoms with E-state index in [9.17, 15) is 0 Å². The summed E-state index contributed by atoms with van der Waals surface area (Å²) in [7, 11) is 2.14. The summed E-state index contributed by atoms with van der Waals surface area (Å²) in [5.41, 5.74) is 11.0. The molecule has 1 aromatic rings. The second kappa shape index (κ2) is 8.23. The number of hydrogen-bond acceptors (Lipinski definition) is 4. The van der Waals surface area contributed by atoms with Crippen LogP contribution in [0, 0.1) is 22.7 Å². The van der Waals surface area contributed by atoms with E-state index < -0.39 is 0 Å². The van der Waals surface area contributed by atoms with Crippen LogP contribution in [0.15, 0.2) is 30.1 Å². The number of nitrogens with one attached hydrogen (secondary N) is 1. The van der Waals surface area contributed by atoms with Crippen molar-refractivity contribution in [3.8, 4) is 0 Å². The van der Waals surface area contributed by atoms with Gasteiger partial charge in [-0.05, 0) is 68.1 Å². The average Bonchev–Trinajstić information content (AvgIpc) is 3.02. The van der Waals surface area contributed by atoms with Crippen LogP contribution in [-0.2, 0) is 0 Å². The Labute approximate surface area is 188 Å². The Bertz CT molecular complexity index is 873. The van der Waals surface area contributed by atoms with E-state index in [0.29, 0.717) is 22.6 Å². The van der Waals surface area contributed by atoms with Crippen molar-refractivity contribution in [1.29, 1.82) is 0 Å². The lowest BCUT2D eigenvalue weighted by Gasteiger charge is -2.58. The molecule has 4 atom stereocenters. The van der Waals surface area contributed by atoms with Gasteiger partial charge < -0.3 is 10.6 Å². The van der Waals surface area contributed by atoms with Crippen LogP contribution in [0.5, 0.6) is 0 Å². The van der Waals surface area contributed by atoms with E-state index in [0.717, 1.165) is 37.1 Å². The first-order valence-electron chi connectivity index (χ1n) is 12.1. The van der Waals surface area contributed by atoms with Gasteiger partial charge in [0.15, 0.2) is 18.2 Å². The van der Waals surface area contributed by atoms with Gasteiger partial charge in [-0.1, -0.05) is 51.0 Å². The van der Waals surface area contributed by atoms with Crippen LogP contribution in [0.1, 0.15) is 72.6 Å². The first kappa shape index (κ1) is 22.3. The van der Waals surface area contributed by atoms with Gasteiger partial charge in [-0.25, -0.2) is 4.98 Å². The second-order valence-corrected chi connectivity index (χ2v) is 11.4. The molecule has 2 fully saturated rings. The summed E-state index contributed by atoms with van der Waals surface area (Å²) in [6.45, 7) is 16.2. The molecular formula is C26H42N5+. The van der Waals surface area contributed by atoms with E-state index in [4.69, 9.17) is 5.73 Å². The highest BCUT2D eigenvalue weighted by molar-refractivity contribution is 5.73. The van der Waals surface area contributed by atoms with Crippen LogP contribution in [0.4, 0.5) is 17.3 Å². The maximum Gasteiger partial charge on any atom is 0.256 e. The molecule has 31 heavy (non-hydrogen) atoms. The number of hydrogen-bond donors (Lipinski definition) is 2. The molecule has 3 aliphatic rings. The number of anilines is 2. The summed E-state index contributed by atoms with van der Waals surface area (Å²) in [6.07, 6.45) is 13.0. The van der Waals surface area contributed by atoms with E-state index >= 15 is 0 Å². The van der Waals surface area contributed by atoms with E-state index in [1.54, 1.807) is 6.33 Å². The molecular weight excluding hydrogens is 382 g/mol. The third-order valence-corrected chi connectivity index (χ3v) is 8.81. The number of aromatic nitrogens is 2. The molecule has 1 unspecified atom stereocenters. The molecule has 1 aromatic heterocycles. The highest BCUT2D eigenvalue weighted by atomic mass is 15.4. The van der Waals surface area contributed by atoms with Crippen molar-refractivity contribution in [2.24, 2.45) is 22.7 Å². The molecule has 2 saturated carbocycles. The van der Waals surface area contributed by atoms with Gasteiger partial charge in [-0.3, -0.25) is 4.90 Å². The minimum atomic E-state index is 0.420. The van der Waals surface area contributed by atoms with E-state index in [1.165, 1.54) is 54.6 Å². The van der Waals surface area contributed by atoms with Gasteiger partial charge in [0.05, 0.1) is 7.05 Å². The van der Waals surface area contributed by atoms with Gasteiger partial charge in [0, 0.05) is 6.54 Å². The lowest BCUT2D eigenvalue weighted by Crippen LogP contribution is -3.03. The quantitative estimate of drug-likeness (QED) is 0.683. The maximum absolute atomic E-state index is 6.16. The summed E-state index contributed by atoms with van der Waals surface area (Å²) in [4.78, 5) is 12.2.